The highest BCUT2D eigenvalue weighted by atomic mass is 19.1. The molecule has 1 aliphatic rings. The van der Waals surface area contributed by atoms with Crippen LogP contribution in [-0.2, 0) is 4.74 Å². The van der Waals surface area contributed by atoms with Gasteiger partial charge in [0.25, 0.3) is 5.91 Å². The van der Waals surface area contributed by atoms with E-state index in [9.17, 15) is 14.3 Å². The minimum atomic E-state index is -0.957. The maximum Gasteiger partial charge on any atom is 0.254 e. The fourth-order valence-corrected chi connectivity index (χ4v) is 4.72. The molecule has 0 bridgehead atoms. The number of likely N-dealkylation sites (tertiary alicyclic amines) is 1. The molecule has 2 N–H and O–H groups in total. The number of carbonyl (C=O) groups is 1. The Morgan fingerprint density at radius 1 is 1.24 bits per heavy atom. The number of nitrogens with zero attached hydrogens (tertiary/aromatic N) is 5. The van der Waals surface area contributed by atoms with Crippen LogP contribution in [0, 0.1) is 5.82 Å². The number of aromatic nitrogens is 5. The van der Waals surface area contributed by atoms with E-state index >= 15 is 0 Å². The van der Waals surface area contributed by atoms with Gasteiger partial charge in [-0.3, -0.25) is 9.89 Å². The highest BCUT2D eigenvalue weighted by Crippen LogP contribution is 2.31. The van der Waals surface area contributed by atoms with E-state index in [0.717, 1.165) is 12.8 Å². The van der Waals surface area contributed by atoms with Crippen LogP contribution in [-0.4, -0.2) is 79.6 Å². The molecular formula is C26H29FN6O4. The van der Waals surface area contributed by atoms with Crippen molar-refractivity contribution in [2.45, 2.75) is 38.3 Å². The van der Waals surface area contributed by atoms with Gasteiger partial charge < -0.3 is 19.5 Å². The Morgan fingerprint density at radius 2 is 2.03 bits per heavy atom. The molecule has 2 aromatic heterocycles. The third-order valence-corrected chi connectivity index (χ3v) is 6.60. The number of rotatable bonds is 8. The summed E-state index contributed by atoms with van der Waals surface area (Å²) in [6, 6.07) is 9.75. The number of ether oxygens (including phenoxy) is 2. The van der Waals surface area contributed by atoms with E-state index in [-0.39, 0.29) is 24.3 Å². The molecule has 0 aliphatic carbocycles. The minimum absolute atomic E-state index is 0.106. The van der Waals surface area contributed by atoms with Gasteiger partial charge in [0.2, 0.25) is 0 Å². The van der Waals surface area contributed by atoms with Gasteiger partial charge in [-0.2, -0.15) is 5.10 Å². The average Bonchev–Trinajstić information content (AvgIpc) is 3.63. The van der Waals surface area contributed by atoms with Crippen molar-refractivity contribution in [1.29, 1.82) is 0 Å². The molecule has 2 aromatic carbocycles. The van der Waals surface area contributed by atoms with Crippen LogP contribution in [0.25, 0.3) is 28.0 Å². The lowest BCUT2D eigenvalue weighted by atomic mass is 9.96. The van der Waals surface area contributed by atoms with Crippen molar-refractivity contribution in [3.63, 3.8) is 0 Å². The lowest BCUT2D eigenvalue weighted by Crippen LogP contribution is -2.48. The number of halogens is 1. The molecule has 194 valence electrons. The number of benzene rings is 2. The van der Waals surface area contributed by atoms with Gasteiger partial charge >= 0.3 is 0 Å². The van der Waals surface area contributed by atoms with Crippen molar-refractivity contribution in [3.8, 4) is 22.8 Å². The highest BCUT2D eigenvalue weighted by molar-refractivity contribution is 5.95. The summed E-state index contributed by atoms with van der Waals surface area (Å²) in [5.41, 5.74) is 1.81. The van der Waals surface area contributed by atoms with Crippen molar-refractivity contribution in [3.05, 3.63) is 54.0 Å². The first-order valence-electron chi connectivity index (χ1n) is 12.1. The summed E-state index contributed by atoms with van der Waals surface area (Å²) in [7, 11) is 1.55. The third-order valence-electron chi connectivity index (χ3n) is 6.60. The van der Waals surface area contributed by atoms with Crippen molar-refractivity contribution in [2.24, 2.45) is 0 Å². The molecule has 0 saturated carbocycles. The molecule has 1 atom stereocenters. The molecule has 1 aliphatic heterocycles. The van der Waals surface area contributed by atoms with Crippen molar-refractivity contribution in [2.75, 3.05) is 26.9 Å². The number of nitrogens with one attached hydrogen (secondary N) is 1. The first-order chi connectivity index (χ1) is 17.8. The molecule has 37 heavy (non-hydrogen) atoms. The monoisotopic (exact) mass is 508 g/mol. The normalized spacial score (nSPS) is 16.0. The number of carbonyl (C=O) groups excluding carboxylic acids is 1. The Bertz CT molecular complexity index is 1410. The summed E-state index contributed by atoms with van der Waals surface area (Å²) in [6.07, 6.45) is 3.34. The van der Waals surface area contributed by atoms with E-state index in [1.807, 2.05) is 0 Å². The van der Waals surface area contributed by atoms with Crippen molar-refractivity contribution < 1.29 is 23.8 Å². The number of aliphatic hydroxyl groups is 1. The minimum Gasteiger partial charge on any atom is -0.488 e. The van der Waals surface area contributed by atoms with Crippen LogP contribution in [0.3, 0.4) is 0 Å². The number of hydrogen-bond acceptors (Lipinski definition) is 7. The zero-order valence-electron chi connectivity index (χ0n) is 20.9. The summed E-state index contributed by atoms with van der Waals surface area (Å²) < 4.78 is 26.5. The summed E-state index contributed by atoms with van der Waals surface area (Å²) in [4.78, 5) is 14.8. The van der Waals surface area contributed by atoms with Crippen LogP contribution in [0.2, 0.25) is 0 Å². The Labute approximate surface area is 213 Å². The molecule has 1 fully saturated rings. The van der Waals surface area contributed by atoms with Crippen LogP contribution in [0.1, 0.15) is 37.0 Å². The number of fused-ring (bicyclic) bond motifs is 1. The predicted molar refractivity (Wildman–Crippen MR) is 134 cm³/mol. The molecule has 4 aromatic rings. The van der Waals surface area contributed by atoms with Crippen molar-refractivity contribution in [1.82, 2.24) is 30.1 Å². The SMILES string of the molecule is COCCOc1cc2[nH]nc(-c3cn(-c4ccc(C(=O)N5CCC[C@H]5C(C)(C)O)cc4)nn3)c2cc1F. The van der Waals surface area contributed by atoms with Gasteiger partial charge in [-0.25, -0.2) is 9.07 Å². The number of amides is 1. The largest absolute Gasteiger partial charge is 0.488 e. The average molecular weight is 509 g/mol. The summed E-state index contributed by atoms with van der Waals surface area (Å²) in [5, 5.41) is 26.6. The molecular weight excluding hydrogens is 479 g/mol. The molecule has 3 heterocycles. The van der Waals surface area contributed by atoms with Gasteiger partial charge in [0.15, 0.2) is 11.6 Å². The molecule has 1 amide bonds. The lowest BCUT2D eigenvalue weighted by Gasteiger charge is -2.33. The molecule has 0 unspecified atom stereocenters. The van der Waals surface area contributed by atoms with E-state index in [1.54, 1.807) is 67.1 Å². The highest BCUT2D eigenvalue weighted by Gasteiger charge is 2.38. The molecule has 1 saturated heterocycles. The zero-order valence-corrected chi connectivity index (χ0v) is 20.9. The fraction of sp³-hybridized carbons (Fsp3) is 0.385. The van der Waals surface area contributed by atoms with Gasteiger partial charge in [0.05, 0.1) is 35.7 Å². The Kier molecular flexibility index (Phi) is 6.65. The van der Waals surface area contributed by atoms with Crippen molar-refractivity contribution >= 4 is 16.8 Å². The third kappa shape index (κ3) is 4.92. The Morgan fingerprint density at radius 3 is 2.76 bits per heavy atom. The maximum atomic E-state index is 14.6. The van der Waals surface area contributed by atoms with E-state index in [1.165, 1.54) is 6.07 Å². The van der Waals surface area contributed by atoms with Gasteiger partial charge in [-0.1, -0.05) is 5.21 Å². The second-order valence-corrected chi connectivity index (χ2v) is 9.65. The number of hydrogen-bond donors (Lipinski definition) is 2. The molecule has 5 rings (SSSR count). The Balaban J connectivity index is 1.35. The first-order valence-corrected chi connectivity index (χ1v) is 12.1. The molecule has 0 radical (unpaired) electrons. The zero-order chi connectivity index (χ0) is 26.2. The quantitative estimate of drug-likeness (QED) is 0.351. The molecule has 0 spiro atoms. The second-order valence-electron chi connectivity index (χ2n) is 9.65. The van der Waals surface area contributed by atoms with Gasteiger partial charge in [-0.05, 0) is 57.0 Å². The van der Waals surface area contributed by atoms with Crippen LogP contribution < -0.4 is 4.74 Å². The second kappa shape index (κ2) is 9.91. The topological polar surface area (TPSA) is 118 Å². The van der Waals surface area contributed by atoms with Gasteiger partial charge in [-0.15, -0.1) is 5.10 Å². The lowest BCUT2D eigenvalue weighted by molar-refractivity contribution is 0.000336. The van der Waals surface area contributed by atoms with Gasteiger partial charge in [0, 0.05) is 30.7 Å². The first kappa shape index (κ1) is 24.8. The maximum absolute atomic E-state index is 14.6. The van der Waals surface area contributed by atoms with Crippen LogP contribution >= 0.6 is 0 Å². The van der Waals surface area contributed by atoms with Crippen LogP contribution in [0.5, 0.6) is 5.75 Å². The van der Waals surface area contributed by atoms with E-state index in [4.69, 9.17) is 9.47 Å². The van der Waals surface area contributed by atoms with Gasteiger partial charge in [0.1, 0.15) is 18.0 Å². The summed E-state index contributed by atoms with van der Waals surface area (Å²) in [5.74, 6) is -0.504. The van der Waals surface area contributed by atoms with Crippen LogP contribution in [0.4, 0.5) is 4.39 Å². The predicted octanol–water partition coefficient (Wildman–Crippen LogP) is 3.35. The number of aromatic amines is 1. The van der Waals surface area contributed by atoms with E-state index < -0.39 is 11.4 Å². The summed E-state index contributed by atoms with van der Waals surface area (Å²) >= 11 is 0. The smallest absolute Gasteiger partial charge is 0.254 e. The fourth-order valence-electron chi connectivity index (χ4n) is 4.72. The number of methoxy groups -OCH3 is 1. The molecule has 11 heteroatoms. The van der Waals surface area contributed by atoms with E-state index in [2.05, 4.69) is 20.5 Å². The molecule has 10 nitrogen and oxygen atoms in total. The summed E-state index contributed by atoms with van der Waals surface area (Å²) in [6.45, 7) is 4.68. The standard InChI is InChI=1S/C26H29FN6O4/c1-26(2,35)23-5-4-10-32(23)25(34)16-6-8-17(9-7-16)33-15-21(29-31-33)24-18-13-19(27)22(37-12-11-36-3)14-20(18)28-30-24/h6-9,13-15,23,35H,4-5,10-12H2,1-3H3,(H,28,30)/t23-/m0/s1. The Hall–Kier alpha value is -3.83. The number of H-pyrrole nitrogens is 1. The van der Waals surface area contributed by atoms with E-state index in [0.29, 0.717) is 46.7 Å². The van der Waals surface area contributed by atoms with Crippen LogP contribution in [0.15, 0.2) is 42.6 Å².